The lowest BCUT2D eigenvalue weighted by atomic mass is 9.92. The standard InChI is InChI=1S/C16H24BrNO2/c1-12-7-13(2)9-18(8-12)10-14(19)11-20-16-6-4-3-5-15(16)17/h3-6,12-14,19H,7-11H2,1-2H3/p+1/t12-,13-,14-/m0/s1. The van der Waals surface area contributed by atoms with E-state index in [2.05, 4.69) is 29.8 Å². The van der Waals surface area contributed by atoms with Crippen molar-refractivity contribution in [1.82, 2.24) is 0 Å². The molecule has 20 heavy (non-hydrogen) atoms. The molecule has 0 unspecified atom stereocenters. The van der Waals surface area contributed by atoms with Gasteiger partial charge in [-0.25, -0.2) is 0 Å². The molecule has 0 radical (unpaired) electrons. The van der Waals surface area contributed by atoms with Crippen molar-refractivity contribution in [2.75, 3.05) is 26.2 Å². The molecule has 0 amide bonds. The van der Waals surface area contributed by atoms with Gasteiger partial charge in [0, 0.05) is 11.8 Å². The van der Waals surface area contributed by atoms with E-state index >= 15 is 0 Å². The van der Waals surface area contributed by atoms with Crippen LogP contribution in [0.2, 0.25) is 0 Å². The topological polar surface area (TPSA) is 33.9 Å². The highest BCUT2D eigenvalue weighted by atomic mass is 79.9. The Morgan fingerprint density at radius 3 is 2.60 bits per heavy atom. The smallest absolute Gasteiger partial charge is 0.137 e. The zero-order valence-corrected chi connectivity index (χ0v) is 13.9. The van der Waals surface area contributed by atoms with Crippen molar-refractivity contribution >= 4 is 15.9 Å². The Kier molecular flexibility index (Phi) is 5.87. The minimum atomic E-state index is -0.408. The molecule has 0 saturated carbocycles. The fraction of sp³-hybridized carbons (Fsp3) is 0.625. The largest absolute Gasteiger partial charge is 0.489 e. The SMILES string of the molecule is C[C@H]1C[C@H](C)C[NH+](C[C@H](O)COc2ccccc2Br)C1. The summed E-state index contributed by atoms with van der Waals surface area (Å²) < 4.78 is 6.61. The summed E-state index contributed by atoms with van der Waals surface area (Å²) >= 11 is 3.45. The maximum absolute atomic E-state index is 10.2. The van der Waals surface area contributed by atoms with Gasteiger partial charge in [-0.05, 0) is 34.5 Å². The number of likely N-dealkylation sites (tertiary alicyclic amines) is 1. The molecule has 1 fully saturated rings. The normalized spacial score (nSPS) is 28.1. The highest BCUT2D eigenvalue weighted by Crippen LogP contribution is 2.23. The van der Waals surface area contributed by atoms with Crippen LogP contribution in [0.15, 0.2) is 28.7 Å². The number of nitrogens with one attached hydrogen (secondary N) is 1. The molecule has 3 nitrogen and oxygen atoms in total. The Labute approximate surface area is 130 Å². The second kappa shape index (κ2) is 7.43. The second-order valence-electron chi connectivity index (χ2n) is 6.20. The molecule has 0 aromatic heterocycles. The highest BCUT2D eigenvalue weighted by molar-refractivity contribution is 9.10. The van der Waals surface area contributed by atoms with Crippen molar-refractivity contribution in [1.29, 1.82) is 0 Å². The van der Waals surface area contributed by atoms with Crippen LogP contribution in [0.4, 0.5) is 0 Å². The third-order valence-electron chi connectivity index (χ3n) is 3.87. The van der Waals surface area contributed by atoms with Crippen LogP contribution in [-0.2, 0) is 0 Å². The number of aliphatic hydroxyl groups excluding tert-OH is 1. The van der Waals surface area contributed by atoms with Gasteiger partial charge in [-0.2, -0.15) is 0 Å². The Morgan fingerprint density at radius 2 is 1.95 bits per heavy atom. The molecule has 1 aliphatic rings. The van der Waals surface area contributed by atoms with E-state index in [-0.39, 0.29) is 0 Å². The molecule has 1 aromatic carbocycles. The number of rotatable bonds is 5. The van der Waals surface area contributed by atoms with Crippen LogP contribution in [0.1, 0.15) is 20.3 Å². The molecule has 0 aliphatic carbocycles. The zero-order valence-electron chi connectivity index (χ0n) is 12.3. The van der Waals surface area contributed by atoms with Gasteiger partial charge in [0.2, 0.25) is 0 Å². The maximum Gasteiger partial charge on any atom is 0.137 e. The lowest BCUT2D eigenvalue weighted by Crippen LogP contribution is -3.15. The van der Waals surface area contributed by atoms with Crippen LogP contribution >= 0.6 is 15.9 Å². The first kappa shape index (κ1) is 15.8. The Balaban J connectivity index is 1.78. The molecule has 1 heterocycles. The summed E-state index contributed by atoms with van der Waals surface area (Å²) in [7, 11) is 0. The van der Waals surface area contributed by atoms with E-state index in [9.17, 15) is 5.11 Å². The molecular weight excluding hydrogens is 318 g/mol. The molecule has 112 valence electrons. The van der Waals surface area contributed by atoms with Crippen LogP contribution in [-0.4, -0.2) is 37.5 Å². The lowest BCUT2D eigenvalue weighted by molar-refractivity contribution is -0.915. The summed E-state index contributed by atoms with van der Waals surface area (Å²) in [6.45, 7) is 8.07. The molecule has 1 aromatic rings. The van der Waals surface area contributed by atoms with Crippen LogP contribution < -0.4 is 9.64 Å². The van der Waals surface area contributed by atoms with Crippen LogP contribution in [0.3, 0.4) is 0 Å². The molecule has 0 bridgehead atoms. The number of benzene rings is 1. The average molecular weight is 343 g/mol. The first-order chi connectivity index (χ1) is 9.54. The number of hydrogen-bond acceptors (Lipinski definition) is 2. The summed E-state index contributed by atoms with van der Waals surface area (Å²) in [5.74, 6) is 2.30. The summed E-state index contributed by atoms with van der Waals surface area (Å²) in [5.41, 5.74) is 0. The fourth-order valence-corrected chi connectivity index (χ4v) is 3.63. The summed E-state index contributed by atoms with van der Waals surface area (Å²) in [5, 5.41) is 10.2. The van der Waals surface area contributed by atoms with Crippen molar-refractivity contribution in [3.05, 3.63) is 28.7 Å². The van der Waals surface area contributed by atoms with E-state index in [1.807, 2.05) is 24.3 Å². The molecule has 0 spiro atoms. The van der Waals surface area contributed by atoms with Crippen molar-refractivity contribution < 1.29 is 14.7 Å². The molecular formula is C16H25BrNO2+. The minimum absolute atomic E-state index is 0.356. The first-order valence-corrected chi connectivity index (χ1v) is 8.23. The third-order valence-corrected chi connectivity index (χ3v) is 4.53. The Morgan fingerprint density at radius 1 is 1.30 bits per heavy atom. The van der Waals surface area contributed by atoms with Gasteiger partial charge in [0.25, 0.3) is 0 Å². The van der Waals surface area contributed by atoms with E-state index in [0.29, 0.717) is 6.61 Å². The summed E-state index contributed by atoms with van der Waals surface area (Å²) in [4.78, 5) is 1.50. The predicted molar refractivity (Wildman–Crippen MR) is 84.2 cm³/mol. The lowest BCUT2D eigenvalue weighted by Gasteiger charge is -2.33. The maximum atomic E-state index is 10.2. The predicted octanol–water partition coefficient (Wildman–Crippen LogP) is 1.75. The van der Waals surface area contributed by atoms with E-state index in [1.54, 1.807) is 0 Å². The highest BCUT2D eigenvalue weighted by Gasteiger charge is 2.26. The average Bonchev–Trinajstić information content (AvgIpc) is 2.36. The molecule has 2 N–H and O–H groups in total. The van der Waals surface area contributed by atoms with Gasteiger partial charge in [-0.15, -0.1) is 0 Å². The van der Waals surface area contributed by atoms with Crippen LogP contribution in [0.5, 0.6) is 5.75 Å². The minimum Gasteiger partial charge on any atom is -0.489 e. The van der Waals surface area contributed by atoms with Gasteiger partial charge < -0.3 is 14.7 Å². The van der Waals surface area contributed by atoms with Crippen molar-refractivity contribution in [3.63, 3.8) is 0 Å². The van der Waals surface area contributed by atoms with Gasteiger partial charge in [0.15, 0.2) is 0 Å². The van der Waals surface area contributed by atoms with Crippen LogP contribution in [0, 0.1) is 11.8 Å². The van der Waals surface area contributed by atoms with E-state index in [0.717, 1.165) is 41.7 Å². The van der Waals surface area contributed by atoms with Gasteiger partial charge in [-0.3, -0.25) is 0 Å². The van der Waals surface area contributed by atoms with Gasteiger partial charge in [0.1, 0.15) is 25.0 Å². The van der Waals surface area contributed by atoms with E-state index < -0.39 is 6.10 Å². The molecule has 4 heteroatoms. The van der Waals surface area contributed by atoms with Gasteiger partial charge >= 0.3 is 0 Å². The number of hydrogen-bond donors (Lipinski definition) is 2. The quantitative estimate of drug-likeness (QED) is 0.854. The Bertz CT molecular complexity index is 417. The summed E-state index contributed by atoms with van der Waals surface area (Å²) in [6.07, 6.45) is 0.905. The number of piperidine rings is 1. The molecule has 1 aliphatic heterocycles. The number of aliphatic hydroxyl groups is 1. The van der Waals surface area contributed by atoms with Crippen molar-refractivity contribution in [2.24, 2.45) is 11.8 Å². The molecule has 2 rings (SSSR count). The van der Waals surface area contributed by atoms with Crippen molar-refractivity contribution in [2.45, 2.75) is 26.4 Å². The Hall–Kier alpha value is -0.580. The van der Waals surface area contributed by atoms with Gasteiger partial charge in [-0.1, -0.05) is 26.0 Å². The third kappa shape index (κ3) is 4.76. The fourth-order valence-electron chi connectivity index (χ4n) is 3.23. The monoisotopic (exact) mass is 342 g/mol. The number of halogens is 1. The van der Waals surface area contributed by atoms with E-state index in [1.165, 1.54) is 11.3 Å². The van der Waals surface area contributed by atoms with Crippen LogP contribution in [0.25, 0.3) is 0 Å². The number of para-hydroxylation sites is 1. The second-order valence-corrected chi connectivity index (χ2v) is 7.06. The number of ether oxygens (including phenoxy) is 1. The summed E-state index contributed by atoms with van der Waals surface area (Å²) in [6, 6.07) is 7.75. The van der Waals surface area contributed by atoms with Gasteiger partial charge in [0.05, 0.1) is 17.6 Å². The first-order valence-electron chi connectivity index (χ1n) is 7.43. The molecule has 3 atom stereocenters. The molecule has 1 saturated heterocycles. The zero-order chi connectivity index (χ0) is 14.5. The number of quaternary nitrogens is 1. The van der Waals surface area contributed by atoms with Crippen molar-refractivity contribution in [3.8, 4) is 5.75 Å². The van der Waals surface area contributed by atoms with E-state index in [4.69, 9.17) is 4.74 Å².